The standard InChI is InChI=1S/C18H15O7PS2/c19-26(16-4-2-1-3-5-16,24-14-6-10-17(11-7-14)27(20)21)25-15-8-12-18(13-9-15)28(22)23/h1-10,12H,11,13H2. The highest BCUT2D eigenvalue weighted by Gasteiger charge is 2.32. The van der Waals surface area contributed by atoms with Crippen LogP contribution in [0.1, 0.15) is 12.8 Å². The molecular weight excluding hydrogens is 423 g/mol. The number of allylic oxidation sites excluding steroid dienone is 6. The second-order valence-corrected chi connectivity index (χ2v) is 9.57. The summed E-state index contributed by atoms with van der Waals surface area (Å²) in [5.74, 6) is 0.435. The predicted molar refractivity (Wildman–Crippen MR) is 107 cm³/mol. The molecule has 28 heavy (non-hydrogen) atoms. The molecule has 0 aromatic heterocycles. The molecule has 0 saturated heterocycles. The average Bonchev–Trinajstić information content (AvgIpc) is 2.69. The van der Waals surface area contributed by atoms with Gasteiger partial charge in [-0.25, -0.2) is 4.57 Å². The van der Waals surface area contributed by atoms with Crippen molar-refractivity contribution in [1.82, 2.24) is 0 Å². The summed E-state index contributed by atoms with van der Waals surface area (Å²) in [5, 5.41) is 0.308. The van der Waals surface area contributed by atoms with Gasteiger partial charge in [-0.2, -0.15) is 16.8 Å². The monoisotopic (exact) mass is 438 g/mol. The molecule has 0 heterocycles. The first kappa shape index (κ1) is 20.1. The molecular formula is C18H15O7PS2. The first-order valence-electron chi connectivity index (χ1n) is 8.09. The van der Waals surface area contributed by atoms with E-state index < -0.39 is 28.2 Å². The van der Waals surface area contributed by atoms with E-state index in [-0.39, 0.29) is 34.1 Å². The van der Waals surface area contributed by atoms with Gasteiger partial charge in [0, 0.05) is 12.8 Å². The smallest absolute Gasteiger partial charge is 0.413 e. The van der Waals surface area contributed by atoms with E-state index in [1.54, 1.807) is 30.3 Å². The zero-order chi connectivity index (χ0) is 20.1. The van der Waals surface area contributed by atoms with E-state index in [1.807, 2.05) is 0 Å². The topological polar surface area (TPSA) is 104 Å². The van der Waals surface area contributed by atoms with Gasteiger partial charge in [-0.05, 0) is 48.6 Å². The van der Waals surface area contributed by atoms with Crippen molar-refractivity contribution in [2.45, 2.75) is 12.8 Å². The fourth-order valence-electron chi connectivity index (χ4n) is 2.42. The minimum absolute atomic E-state index is 0.118. The first-order valence-corrected chi connectivity index (χ1v) is 11.8. The lowest BCUT2D eigenvalue weighted by Gasteiger charge is -2.22. The van der Waals surface area contributed by atoms with E-state index in [9.17, 15) is 21.4 Å². The van der Waals surface area contributed by atoms with Crippen LogP contribution < -0.4 is 5.30 Å². The van der Waals surface area contributed by atoms with Gasteiger partial charge in [0.05, 0.1) is 15.0 Å². The summed E-state index contributed by atoms with van der Waals surface area (Å²) < 4.78 is 68.9. The van der Waals surface area contributed by atoms with Crippen LogP contribution in [0.2, 0.25) is 0 Å². The maximum absolute atomic E-state index is 13.5. The summed E-state index contributed by atoms with van der Waals surface area (Å²) in [7, 11) is -8.52. The van der Waals surface area contributed by atoms with Crippen LogP contribution in [0.15, 0.2) is 78.3 Å². The van der Waals surface area contributed by atoms with Crippen molar-refractivity contribution in [3.8, 4) is 0 Å². The Kier molecular flexibility index (Phi) is 6.18. The van der Waals surface area contributed by atoms with Crippen LogP contribution in [0.3, 0.4) is 0 Å². The van der Waals surface area contributed by atoms with Gasteiger partial charge in [0.2, 0.25) is 20.6 Å². The molecule has 0 aliphatic heterocycles. The first-order chi connectivity index (χ1) is 13.4. The number of hydrogen-bond donors (Lipinski definition) is 0. The Morgan fingerprint density at radius 1 is 0.714 bits per heavy atom. The second-order valence-electron chi connectivity index (χ2n) is 5.71. The molecule has 7 nitrogen and oxygen atoms in total. The van der Waals surface area contributed by atoms with E-state index in [0.717, 1.165) is 0 Å². The lowest BCUT2D eigenvalue weighted by Crippen LogP contribution is -2.11. The molecule has 146 valence electrons. The lowest BCUT2D eigenvalue weighted by molar-refractivity contribution is 0.312. The Balaban J connectivity index is 1.89. The van der Waals surface area contributed by atoms with Gasteiger partial charge in [0.25, 0.3) is 0 Å². The molecule has 0 radical (unpaired) electrons. The van der Waals surface area contributed by atoms with Gasteiger partial charge in [-0.15, -0.1) is 0 Å². The van der Waals surface area contributed by atoms with Crippen molar-refractivity contribution in [2.75, 3.05) is 0 Å². The summed E-state index contributed by atoms with van der Waals surface area (Å²) in [5.41, 5.74) is 0. The van der Waals surface area contributed by atoms with Crippen LogP contribution in [-0.2, 0) is 34.2 Å². The van der Waals surface area contributed by atoms with Crippen LogP contribution in [0.5, 0.6) is 0 Å². The van der Waals surface area contributed by atoms with E-state index >= 15 is 0 Å². The fourth-order valence-corrected chi connectivity index (χ4v) is 4.83. The number of benzene rings is 1. The molecule has 0 N–H and O–H groups in total. The van der Waals surface area contributed by atoms with E-state index in [2.05, 4.69) is 0 Å². The summed E-state index contributed by atoms with van der Waals surface area (Å²) in [4.78, 5) is 0.379. The average molecular weight is 438 g/mol. The van der Waals surface area contributed by atoms with Crippen molar-refractivity contribution in [1.29, 1.82) is 0 Å². The van der Waals surface area contributed by atoms with Gasteiger partial charge < -0.3 is 9.05 Å². The summed E-state index contributed by atoms with van der Waals surface area (Å²) in [6, 6.07) is 8.31. The largest absolute Gasteiger partial charge is 0.462 e. The molecule has 10 heteroatoms. The molecule has 0 saturated carbocycles. The van der Waals surface area contributed by atoms with Crippen molar-refractivity contribution in [3.05, 3.63) is 78.3 Å². The highest BCUT2D eigenvalue weighted by Crippen LogP contribution is 2.51. The van der Waals surface area contributed by atoms with E-state index in [0.29, 0.717) is 5.30 Å². The molecule has 2 aliphatic rings. The third kappa shape index (κ3) is 4.81. The summed E-state index contributed by atoms with van der Waals surface area (Å²) in [6.07, 6.45) is 8.80. The Hall–Kier alpha value is -2.61. The Morgan fingerprint density at radius 3 is 1.54 bits per heavy atom. The minimum atomic E-state index is -3.86. The molecule has 0 spiro atoms. The Morgan fingerprint density at radius 2 is 1.18 bits per heavy atom. The zero-order valence-electron chi connectivity index (χ0n) is 14.4. The van der Waals surface area contributed by atoms with E-state index in [1.165, 1.54) is 36.5 Å². The lowest BCUT2D eigenvalue weighted by atomic mass is 10.2. The van der Waals surface area contributed by atoms with Crippen LogP contribution in [0.4, 0.5) is 0 Å². The third-order valence-electron chi connectivity index (χ3n) is 3.83. The molecule has 1 aromatic carbocycles. The van der Waals surface area contributed by atoms with Crippen LogP contribution in [0, 0.1) is 0 Å². The molecule has 0 atom stereocenters. The number of hydrogen-bond acceptors (Lipinski definition) is 7. The Bertz CT molecular complexity index is 1140. The van der Waals surface area contributed by atoms with Crippen LogP contribution >= 0.6 is 7.60 Å². The molecule has 3 rings (SSSR count). The zero-order valence-corrected chi connectivity index (χ0v) is 16.9. The Labute approximate surface area is 164 Å². The predicted octanol–water partition coefficient (Wildman–Crippen LogP) is 2.33. The van der Waals surface area contributed by atoms with Crippen LogP contribution in [-0.4, -0.2) is 26.6 Å². The molecule has 1 aromatic rings. The number of rotatable bonds is 5. The van der Waals surface area contributed by atoms with Gasteiger partial charge in [-0.3, -0.25) is 0 Å². The van der Waals surface area contributed by atoms with Crippen molar-refractivity contribution in [3.63, 3.8) is 0 Å². The van der Waals surface area contributed by atoms with Crippen LogP contribution in [0.25, 0.3) is 0 Å². The highest BCUT2D eigenvalue weighted by atomic mass is 32.2. The fraction of sp³-hybridized carbons (Fsp3) is 0.111. The van der Waals surface area contributed by atoms with Crippen molar-refractivity contribution in [2.24, 2.45) is 0 Å². The van der Waals surface area contributed by atoms with Gasteiger partial charge >= 0.3 is 7.60 Å². The maximum Gasteiger partial charge on any atom is 0.462 e. The summed E-state index contributed by atoms with van der Waals surface area (Å²) in [6.45, 7) is 0. The van der Waals surface area contributed by atoms with Crippen molar-refractivity contribution < 1.29 is 30.4 Å². The normalized spacial score (nSPS) is 16.3. The molecule has 0 amide bonds. The van der Waals surface area contributed by atoms with Gasteiger partial charge in [0.15, 0.2) is 0 Å². The SMILES string of the molecule is O=S(=O)=C1C=CC(OP(=O)(OC2=CCC(=S(=O)=O)C=C2)c2ccccc2)=CC1. The van der Waals surface area contributed by atoms with Gasteiger partial charge in [0.1, 0.15) is 11.5 Å². The van der Waals surface area contributed by atoms with Crippen molar-refractivity contribution >= 4 is 43.2 Å². The van der Waals surface area contributed by atoms with E-state index in [4.69, 9.17) is 9.05 Å². The minimum Gasteiger partial charge on any atom is -0.413 e. The third-order valence-corrected chi connectivity index (χ3v) is 7.12. The van der Waals surface area contributed by atoms with Gasteiger partial charge in [-0.1, -0.05) is 18.2 Å². The molecule has 0 fully saturated rings. The maximum atomic E-state index is 13.5. The molecule has 0 unspecified atom stereocenters. The highest BCUT2D eigenvalue weighted by molar-refractivity contribution is 7.73. The summed E-state index contributed by atoms with van der Waals surface area (Å²) >= 11 is 0. The molecule has 2 aliphatic carbocycles. The molecule has 0 bridgehead atoms. The quantitative estimate of drug-likeness (QED) is 0.513. The second kappa shape index (κ2) is 8.60.